The highest BCUT2D eigenvalue weighted by molar-refractivity contribution is 7.80. The van der Waals surface area contributed by atoms with E-state index in [-0.39, 0.29) is 11.9 Å². The van der Waals surface area contributed by atoms with E-state index in [9.17, 15) is 4.39 Å². The molecule has 2 aromatic rings. The Bertz CT molecular complexity index is 776. The van der Waals surface area contributed by atoms with E-state index in [4.69, 9.17) is 21.7 Å². The SMILES string of the molecule is COc1ccc(C)cc1NC(=S)N(Cc1ccc(F)cc1)CC1CCCO1. The summed E-state index contributed by atoms with van der Waals surface area (Å²) in [5, 5.41) is 3.91. The normalized spacial score (nSPS) is 16.2. The Morgan fingerprint density at radius 3 is 2.74 bits per heavy atom. The van der Waals surface area contributed by atoms with E-state index >= 15 is 0 Å². The van der Waals surface area contributed by atoms with Crippen molar-refractivity contribution in [3.8, 4) is 5.75 Å². The predicted molar refractivity (Wildman–Crippen MR) is 110 cm³/mol. The summed E-state index contributed by atoms with van der Waals surface area (Å²) in [6, 6.07) is 12.4. The number of rotatable bonds is 6. The highest BCUT2D eigenvalue weighted by atomic mass is 32.1. The third-order valence-corrected chi connectivity index (χ3v) is 4.98. The highest BCUT2D eigenvalue weighted by Crippen LogP contribution is 2.26. The molecule has 1 N–H and O–H groups in total. The first-order valence-corrected chi connectivity index (χ1v) is 9.52. The second-order valence-electron chi connectivity index (χ2n) is 6.78. The molecule has 1 saturated heterocycles. The third kappa shape index (κ3) is 5.40. The maximum Gasteiger partial charge on any atom is 0.173 e. The fourth-order valence-corrected chi connectivity index (χ4v) is 3.43. The number of hydrogen-bond acceptors (Lipinski definition) is 3. The number of benzene rings is 2. The van der Waals surface area contributed by atoms with Crippen LogP contribution in [0.15, 0.2) is 42.5 Å². The molecule has 3 rings (SSSR count). The number of nitrogens with zero attached hydrogens (tertiary/aromatic N) is 1. The van der Waals surface area contributed by atoms with E-state index in [1.807, 2.05) is 25.1 Å². The maximum atomic E-state index is 13.2. The Balaban J connectivity index is 1.77. The average molecular weight is 389 g/mol. The van der Waals surface area contributed by atoms with Crippen molar-refractivity contribution >= 4 is 23.0 Å². The molecule has 0 radical (unpaired) electrons. The predicted octanol–water partition coefficient (Wildman–Crippen LogP) is 4.52. The van der Waals surface area contributed by atoms with Crippen LogP contribution in [0.3, 0.4) is 0 Å². The summed E-state index contributed by atoms with van der Waals surface area (Å²) in [7, 11) is 1.64. The fourth-order valence-electron chi connectivity index (χ4n) is 3.18. The van der Waals surface area contributed by atoms with Crippen LogP contribution in [0, 0.1) is 12.7 Å². The summed E-state index contributed by atoms with van der Waals surface area (Å²) in [6.45, 7) is 4.09. The molecule has 0 amide bonds. The van der Waals surface area contributed by atoms with Crippen LogP contribution in [-0.2, 0) is 11.3 Å². The van der Waals surface area contributed by atoms with Gasteiger partial charge in [-0.25, -0.2) is 4.39 Å². The summed E-state index contributed by atoms with van der Waals surface area (Å²) >= 11 is 5.70. The molecule has 1 aliphatic rings. The van der Waals surface area contributed by atoms with Gasteiger partial charge in [-0.1, -0.05) is 18.2 Å². The van der Waals surface area contributed by atoms with Crippen molar-refractivity contribution in [3.63, 3.8) is 0 Å². The minimum atomic E-state index is -0.241. The average Bonchev–Trinajstić information content (AvgIpc) is 3.16. The van der Waals surface area contributed by atoms with Crippen LogP contribution in [0.2, 0.25) is 0 Å². The molecule has 0 spiro atoms. The third-order valence-electron chi connectivity index (χ3n) is 4.62. The molecule has 1 aliphatic heterocycles. The lowest BCUT2D eigenvalue weighted by molar-refractivity contribution is 0.0905. The van der Waals surface area contributed by atoms with Crippen LogP contribution in [0.5, 0.6) is 5.75 Å². The molecular formula is C21H25FN2O2S. The zero-order chi connectivity index (χ0) is 19.2. The lowest BCUT2D eigenvalue weighted by atomic mass is 10.2. The number of anilines is 1. The van der Waals surface area contributed by atoms with Gasteiger partial charge in [0.15, 0.2) is 5.11 Å². The summed E-state index contributed by atoms with van der Waals surface area (Å²) in [5.41, 5.74) is 2.94. The van der Waals surface area contributed by atoms with Gasteiger partial charge in [0, 0.05) is 19.7 Å². The van der Waals surface area contributed by atoms with Gasteiger partial charge >= 0.3 is 0 Å². The van der Waals surface area contributed by atoms with E-state index in [2.05, 4.69) is 10.2 Å². The number of thiocarbonyl (C=S) groups is 1. The van der Waals surface area contributed by atoms with Gasteiger partial charge in [0.25, 0.3) is 0 Å². The minimum absolute atomic E-state index is 0.157. The molecule has 4 nitrogen and oxygen atoms in total. The maximum absolute atomic E-state index is 13.2. The second kappa shape index (κ2) is 9.15. The monoisotopic (exact) mass is 388 g/mol. The van der Waals surface area contributed by atoms with Gasteiger partial charge < -0.3 is 19.7 Å². The molecule has 0 bridgehead atoms. The van der Waals surface area contributed by atoms with Crippen LogP contribution in [0.1, 0.15) is 24.0 Å². The first-order valence-electron chi connectivity index (χ1n) is 9.12. The van der Waals surface area contributed by atoms with Gasteiger partial charge in [-0.05, 0) is 67.4 Å². The van der Waals surface area contributed by atoms with Crippen molar-refractivity contribution < 1.29 is 13.9 Å². The number of hydrogen-bond donors (Lipinski definition) is 1. The van der Waals surface area contributed by atoms with Crippen LogP contribution >= 0.6 is 12.2 Å². The standard InChI is InChI=1S/C21H25FN2O2S/c1-15-5-10-20(25-2)19(12-15)23-21(27)24(14-18-4-3-11-26-18)13-16-6-8-17(22)9-7-16/h5-10,12,18H,3-4,11,13-14H2,1-2H3,(H,23,27). The Labute approximate surface area is 165 Å². The molecule has 1 heterocycles. The highest BCUT2D eigenvalue weighted by Gasteiger charge is 2.22. The Hall–Kier alpha value is -2.18. The fraction of sp³-hybridized carbons (Fsp3) is 0.381. The Morgan fingerprint density at radius 2 is 2.07 bits per heavy atom. The van der Waals surface area contributed by atoms with E-state index in [0.717, 1.165) is 42.0 Å². The summed E-state index contributed by atoms with van der Waals surface area (Å²) in [6.07, 6.45) is 2.25. The summed E-state index contributed by atoms with van der Waals surface area (Å²) in [5.74, 6) is 0.497. The molecule has 27 heavy (non-hydrogen) atoms. The molecule has 144 valence electrons. The minimum Gasteiger partial charge on any atom is -0.495 e. The molecule has 1 fully saturated rings. The van der Waals surface area contributed by atoms with Gasteiger partial charge in [-0.15, -0.1) is 0 Å². The van der Waals surface area contributed by atoms with Crippen molar-refractivity contribution in [2.24, 2.45) is 0 Å². The second-order valence-corrected chi connectivity index (χ2v) is 7.16. The van der Waals surface area contributed by atoms with Crippen LogP contribution in [0.4, 0.5) is 10.1 Å². The lowest BCUT2D eigenvalue weighted by Gasteiger charge is -2.29. The summed E-state index contributed by atoms with van der Waals surface area (Å²) in [4.78, 5) is 2.07. The van der Waals surface area contributed by atoms with Gasteiger partial charge in [-0.2, -0.15) is 0 Å². The number of ether oxygens (including phenoxy) is 2. The van der Waals surface area contributed by atoms with Crippen LogP contribution in [-0.4, -0.2) is 36.4 Å². The molecule has 1 atom stereocenters. The Morgan fingerprint density at radius 1 is 1.30 bits per heavy atom. The molecule has 2 aromatic carbocycles. The van der Waals surface area contributed by atoms with Gasteiger partial charge in [0.05, 0.1) is 18.9 Å². The van der Waals surface area contributed by atoms with Gasteiger partial charge in [-0.3, -0.25) is 0 Å². The number of halogens is 1. The van der Waals surface area contributed by atoms with Crippen molar-refractivity contribution in [1.29, 1.82) is 0 Å². The zero-order valence-corrected chi connectivity index (χ0v) is 16.5. The molecule has 0 aliphatic carbocycles. The molecular weight excluding hydrogens is 363 g/mol. The quantitative estimate of drug-likeness (QED) is 0.736. The van der Waals surface area contributed by atoms with E-state index in [0.29, 0.717) is 18.2 Å². The summed E-state index contributed by atoms with van der Waals surface area (Å²) < 4.78 is 24.5. The van der Waals surface area contributed by atoms with Crippen LogP contribution in [0.25, 0.3) is 0 Å². The van der Waals surface area contributed by atoms with E-state index < -0.39 is 0 Å². The number of nitrogens with one attached hydrogen (secondary N) is 1. The molecule has 0 aromatic heterocycles. The van der Waals surface area contributed by atoms with Crippen molar-refractivity contribution in [3.05, 3.63) is 59.4 Å². The van der Waals surface area contributed by atoms with Crippen LogP contribution < -0.4 is 10.1 Å². The molecule has 0 saturated carbocycles. The number of aryl methyl sites for hydroxylation is 1. The molecule has 6 heteroatoms. The topological polar surface area (TPSA) is 33.7 Å². The Kier molecular flexibility index (Phi) is 6.63. The van der Waals surface area contributed by atoms with Crippen molar-refractivity contribution in [1.82, 2.24) is 4.90 Å². The first kappa shape index (κ1) is 19.6. The lowest BCUT2D eigenvalue weighted by Crippen LogP contribution is -2.39. The first-order chi connectivity index (χ1) is 13.0. The largest absolute Gasteiger partial charge is 0.495 e. The van der Waals surface area contributed by atoms with Gasteiger partial charge in [0.1, 0.15) is 11.6 Å². The zero-order valence-electron chi connectivity index (χ0n) is 15.7. The van der Waals surface area contributed by atoms with Gasteiger partial charge in [0.2, 0.25) is 0 Å². The van der Waals surface area contributed by atoms with Crippen molar-refractivity contribution in [2.45, 2.75) is 32.4 Å². The van der Waals surface area contributed by atoms with E-state index in [1.165, 1.54) is 12.1 Å². The number of methoxy groups -OCH3 is 1. The molecule has 1 unspecified atom stereocenters. The van der Waals surface area contributed by atoms with E-state index in [1.54, 1.807) is 19.2 Å². The smallest absolute Gasteiger partial charge is 0.173 e. The van der Waals surface area contributed by atoms with Crippen molar-refractivity contribution in [2.75, 3.05) is 25.6 Å².